The van der Waals surface area contributed by atoms with Crippen molar-refractivity contribution in [3.63, 3.8) is 0 Å². The number of anilines is 1. The molecule has 1 unspecified atom stereocenters. The lowest BCUT2D eigenvalue weighted by molar-refractivity contribution is -0.138. The number of alkyl carbamates (subject to hydrolysis) is 1. The highest BCUT2D eigenvalue weighted by Gasteiger charge is 2.32. The van der Waals surface area contributed by atoms with Gasteiger partial charge in [-0.3, -0.25) is 9.59 Å². The first kappa shape index (κ1) is 32.6. The van der Waals surface area contributed by atoms with E-state index in [-0.39, 0.29) is 18.4 Å². The highest BCUT2D eigenvalue weighted by atomic mass is 16.6. The first-order valence-corrected chi connectivity index (χ1v) is 14.3. The first-order chi connectivity index (χ1) is 19.0. The number of nitrogens with zero attached hydrogens (tertiary/aromatic N) is 1. The van der Waals surface area contributed by atoms with Gasteiger partial charge in [-0.2, -0.15) is 0 Å². The van der Waals surface area contributed by atoms with Crippen LogP contribution in [0.25, 0.3) is 6.08 Å². The third kappa shape index (κ3) is 10.5. The molecule has 2 N–H and O–H groups in total. The number of ether oxygens (including phenoxy) is 1. The summed E-state index contributed by atoms with van der Waals surface area (Å²) < 4.78 is 5.32. The summed E-state index contributed by atoms with van der Waals surface area (Å²) in [7, 11) is 0. The monoisotopic (exact) mass is 549 g/mol. The summed E-state index contributed by atoms with van der Waals surface area (Å²) >= 11 is 0. The topological polar surface area (TPSA) is 87.7 Å². The maximum absolute atomic E-state index is 14.0. The van der Waals surface area contributed by atoms with E-state index in [0.29, 0.717) is 12.1 Å². The molecule has 0 aromatic heterocycles. The average molecular weight is 550 g/mol. The van der Waals surface area contributed by atoms with Gasteiger partial charge in [0.25, 0.3) is 5.91 Å². The minimum absolute atomic E-state index is 0.279. The molecule has 7 nitrogen and oxygen atoms in total. The lowest BCUT2D eigenvalue weighted by atomic mass is 9.99. The van der Waals surface area contributed by atoms with Crippen molar-refractivity contribution in [2.75, 3.05) is 18.4 Å². The molecule has 0 aliphatic carbocycles. The number of carbonyl (C=O) groups excluding carboxylic acids is 3. The van der Waals surface area contributed by atoms with Crippen LogP contribution in [-0.2, 0) is 14.3 Å². The van der Waals surface area contributed by atoms with E-state index in [4.69, 9.17) is 4.74 Å². The molecule has 2 aromatic carbocycles. The Balaban J connectivity index is 2.41. The van der Waals surface area contributed by atoms with Crippen LogP contribution in [-0.4, -0.2) is 41.5 Å². The number of amides is 3. The number of carbonyl (C=O) groups is 3. The van der Waals surface area contributed by atoms with Crippen LogP contribution >= 0.6 is 0 Å². The van der Waals surface area contributed by atoms with Crippen molar-refractivity contribution in [1.29, 1.82) is 0 Å². The molecule has 0 saturated carbocycles. The molecule has 2 aromatic rings. The lowest BCUT2D eigenvalue weighted by Crippen LogP contribution is -2.47. The van der Waals surface area contributed by atoms with E-state index in [2.05, 4.69) is 24.1 Å². The van der Waals surface area contributed by atoms with Crippen LogP contribution in [0.2, 0.25) is 0 Å². The maximum atomic E-state index is 14.0. The quantitative estimate of drug-likeness (QED) is 0.241. The largest absolute Gasteiger partial charge is 0.444 e. The van der Waals surface area contributed by atoms with Gasteiger partial charge in [0.15, 0.2) is 0 Å². The van der Waals surface area contributed by atoms with Crippen molar-refractivity contribution in [2.45, 2.75) is 91.7 Å². The molecule has 0 saturated heterocycles. The summed E-state index contributed by atoms with van der Waals surface area (Å²) in [5, 5.41) is 5.67. The number of nitrogens with one attached hydrogen (secondary N) is 2. The number of unbranched alkanes of at least 4 members (excludes halogenated alkanes) is 5. The molecule has 2 rings (SSSR count). The average Bonchev–Trinajstić information content (AvgIpc) is 2.89. The zero-order valence-corrected chi connectivity index (χ0v) is 25.1. The fourth-order valence-corrected chi connectivity index (χ4v) is 4.56. The summed E-state index contributed by atoms with van der Waals surface area (Å²) in [6.07, 6.45) is 7.27. The standard InChI is InChI=1S/C33H47N3O4/c1-8-10-11-12-13-14-21-36(28(37)23-34-32(39)40-33(5,6)7)30(27-20-16-19-26(9-2)22-27)31(38)35-29-24(3)17-15-18-25(29)4/h9,15-20,22,30H,2,8,10-14,21,23H2,1,3-7H3,(H,34,39)(H,35,38). The minimum Gasteiger partial charge on any atom is -0.444 e. The minimum atomic E-state index is -0.900. The fourth-order valence-electron chi connectivity index (χ4n) is 4.56. The molecule has 40 heavy (non-hydrogen) atoms. The third-order valence-corrected chi connectivity index (χ3v) is 6.61. The Hall–Kier alpha value is -3.61. The summed E-state index contributed by atoms with van der Waals surface area (Å²) in [6, 6.07) is 12.4. The van der Waals surface area contributed by atoms with Gasteiger partial charge in [-0.1, -0.05) is 88.1 Å². The number of para-hydroxylation sites is 1. The fraction of sp³-hybridized carbons (Fsp3) is 0.485. The van der Waals surface area contributed by atoms with Crippen molar-refractivity contribution in [3.8, 4) is 0 Å². The number of hydrogen-bond acceptors (Lipinski definition) is 4. The van der Waals surface area contributed by atoms with E-state index >= 15 is 0 Å². The normalized spacial score (nSPS) is 11.8. The number of rotatable bonds is 14. The van der Waals surface area contributed by atoms with Crippen molar-refractivity contribution in [3.05, 3.63) is 71.3 Å². The Bertz CT molecular complexity index is 1130. The smallest absolute Gasteiger partial charge is 0.408 e. The summed E-state index contributed by atoms with van der Waals surface area (Å²) in [6.45, 7) is 15.3. The molecule has 218 valence electrons. The van der Waals surface area contributed by atoms with Gasteiger partial charge in [-0.05, 0) is 69.4 Å². The number of aryl methyl sites for hydroxylation is 2. The van der Waals surface area contributed by atoms with Gasteiger partial charge in [0.2, 0.25) is 5.91 Å². The molecule has 0 spiro atoms. The Morgan fingerprint density at radius 2 is 1.60 bits per heavy atom. The zero-order chi connectivity index (χ0) is 29.7. The Morgan fingerprint density at radius 1 is 0.975 bits per heavy atom. The van der Waals surface area contributed by atoms with Crippen molar-refractivity contribution in [1.82, 2.24) is 10.2 Å². The van der Waals surface area contributed by atoms with Gasteiger partial charge in [0.1, 0.15) is 18.2 Å². The molecule has 0 bridgehead atoms. The van der Waals surface area contributed by atoms with E-state index in [1.165, 1.54) is 6.42 Å². The highest BCUT2D eigenvalue weighted by molar-refractivity contribution is 5.99. The van der Waals surface area contributed by atoms with Gasteiger partial charge in [-0.15, -0.1) is 0 Å². The van der Waals surface area contributed by atoms with E-state index in [9.17, 15) is 14.4 Å². The zero-order valence-electron chi connectivity index (χ0n) is 25.1. The lowest BCUT2D eigenvalue weighted by Gasteiger charge is -2.32. The van der Waals surface area contributed by atoms with Crippen LogP contribution in [0.1, 0.15) is 94.5 Å². The SMILES string of the molecule is C=Cc1cccc(C(C(=O)Nc2c(C)cccc2C)N(CCCCCCCC)C(=O)CNC(=O)OC(C)(C)C)c1. The third-order valence-electron chi connectivity index (χ3n) is 6.61. The van der Waals surface area contributed by atoms with E-state index in [1.54, 1.807) is 31.7 Å². The Labute approximate surface area is 240 Å². The van der Waals surface area contributed by atoms with E-state index in [0.717, 1.165) is 54.5 Å². The number of benzene rings is 2. The van der Waals surface area contributed by atoms with Gasteiger partial charge >= 0.3 is 6.09 Å². The van der Waals surface area contributed by atoms with E-state index in [1.807, 2.05) is 56.3 Å². The molecule has 7 heteroatoms. The van der Waals surface area contributed by atoms with Crippen molar-refractivity contribution < 1.29 is 19.1 Å². The van der Waals surface area contributed by atoms with Crippen LogP contribution in [0, 0.1) is 13.8 Å². The second-order valence-corrected chi connectivity index (χ2v) is 11.2. The first-order valence-electron chi connectivity index (χ1n) is 14.3. The molecular weight excluding hydrogens is 502 g/mol. The Morgan fingerprint density at radius 3 is 2.23 bits per heavy atom. The predicted octanol–water partition coefficient (Wildman–Crippen LogP) is 7.34. The molecular formula is C33H47N3O4. The molecule has 0 heterocycles. The van der Waals surface area contributed by atoms with Crippen molar-refractivity contribution >= 4 is 29.7 Å². The van der Waals surface area contributed by atoms with Crippen LogP contribution in [0.4, 0.5) is 10.5 Å². The second-order valence-electron chi connectivity index (χ2n) is 11.2. The maximum Gasteiger partial charge on any atom is 0.408 e. The van der Waals surface area contributed by atoms with Crippen LogP contribution in [0.3, 0.4) is 0 Å². The van der Waals surface area contributed by atoms with Crippen LogP contribution in [0.15, 0.2) is 49.0 Å². The van der Waals surface area contributed by atoms with Gasteiger partial charge in [-0.25, -0.2) is 4.79 Å². The summed E-state index contributed by atoms with van der Waals surface area (Å²) in [4.78, 5) is 41.6. The van der Waals surface area contributed by atoms with E-state index < -0.39 is 17.7 Å². The van der Waals surface area contributed by atoms with Gasteiger partial charge in [0, 0.05) is 12.2 Å². The molecule has 0 aliphatic heterocycles. The van der Waals surface area contributed by atoms with Crippen LogP contribution < -0.4 is 10.6 Å². The van der Waals surface area contributed by atoms with Crippen LogP contribution in [0.5, 0.6) is 0 Å². The predicted molar refractivity (Wildman–Crippen MR) is 163 cm³/mol. The molecule has 0 aliphatic rings. The summed E-state index contributed by atoms with van der Waals surface area (Å²) in [5.74, 6) is -0.666. The summed E-state index contributed by atoms with van der Waals surface area (Å²) in [5.41, 5.74) is 3.44. The molecule has 3 amide bonds. The Kier molecular flexibility index (Phi) is 12.9. The highest BCUT2D eigenvalue weighted by Crippen LogP contribution is 2.28. The van der Waals surface area contributed by atoms with Crippen molar-refractivity contribution in [2.24, 2.45) is 0 Å². The van der Waals surface area contributed by atoms with Gasteiger partial charge < -0.3 is 20.3 Å². The molecule has 0 fully saturated rings. The van der Waals surface area contributed by atoms with Gasteiger partial charge in [0.05, 0.1) is 0 Å². The molecule has 1 atom stereocenters. The number of hydrogen-bond donors (Lipinski definition) is 2. The molecule has 0 radical (unpaired) electrons. The second kappa shape index (κ2) is 15.8.